The molecule has 1 aliphatic rings. The normalized spacial score (nSPS) is 15.2. The van der Waals surface area contributed by atoms with Crippen LogP contribution in [0.25, 0.3) is 21.3 Å². The van der Waals surface area contributed by atoms with Gasteiger partial charge in [-0.05, 0) is 44.9 Å². The Hall–Kier alpha value is -3.00. The molecule has 0 unspecified atom stereocenters. The van der Waals surface area contributed by atoms with Crippen LogP contribution in [0.2, 0.25) is 0 Å². The van der Waals surface area contributed by atoms with Crippen molar-refractivity contribution in [2.45, 2.75) is 27.2 Å². The molecule has 0 atom stereocenters. The number of thiophene rings is 1. The topological polar surface area (TPSA) is 78.0 Å². The second-order valence-corrected chi connectivity index (χ2v) is 8.80. The number of fused-ring (bicyclic) bond motifs is 2. The van der Waals surface area contributed by atoms with Crippen LogP contribution >= 0.6 is 11.3 Å². The molecule has 1 amide bonds. The first kappa shape index (κ1) is 19.0. The van der Waals surface area contributed by atoms with Gasteiger partial charge in [0.1, 0.15) is 10.7 Å². The molecule has 1 aliphatic heterocycles. The second-order valence-electron chi connectivity index (χ2n) is 7.80. The number of hydrogen-bond acceptors (Lipinski definition) is 6. The summed E-state index contributed by atoms with van der Waals surface area (Å²) in [5.74, 6) is 1.72. The monoisotopic (exact) mass is 420 g/mol. The number of imidazole rings is 1. The largest absolute Gasteiger partial charge is 0.341 e. The first-order valence-corrected chi connectivity index (χ1v) is 11.1. The molecule has 1 saturated heterocycles. The molecule has 0 aliphatic carbocycles. The summed E-state index contributed by atoms with van der Waals surface area (Å²) in [6.45, 7) is 8.94. The first-order chi connectivity index (χ1) is 14.5. The van der Waals surface area contributed by atoms with Crippen molar-refractivity contribution < 1.29 is 4.79 Å². The smallest absolute Gasteiger partial charge is 0.264 e. The summed E-state index contributed by atoms with van der Waals surface area (Å²) in [5, 5.41) is 1.02. The van der Waals surface area contributed by atoms with Crippen molar-refractivity contribution in [3.63, 3.8) is 0 Å². The summed E-state index contributed by atoms with van der Waals surface area (Å²) in [7, 11) is 0. The molecule has 1 aromatic carbocycles. The van der Waals surface area contributed by atoms with Crippen molar-refractivity contribution in [1.82, 2.24) is 24.8 Å². The number of para-hydroxylation sites is 2. The molecular weight excluding hydrogens is 396 g/mol. The highest BCUT2D eigenvalue weighted by molar-refractivity contribution is 7.20. The number of carbonyl (C=O) groups excluding carboxylic acids is 1. The van der Waals surface area contributed by atoms with Crippen molar-refractivity contribution in [3.8, 4) is 0 Å². The number of aromatic amines is 1. The van der Waals surface area contributed by atoms with Crippen LogP contribution in [0.5, 0.6) is 0 Å². The summed E-state index contributed by atoms with van der Waals surface area (Å²) in [5.41, 5.74) is 3.95. The minimum Gasteiger partial charge on any atom is -0.341 e. The molecular formula is C22H24N6OS. The van der Waals surface area contributed by atoms with Crippen LogP contribution in [-0.2, 0) is 0 Å². The molecule has 0 bridgehead atoms. The van der Waals surface area contributed by atoms with E-state index in [1.165, 1.54) is 11.3 Å². The van der Waals surface area contributed by atoms with Gasteiger partial charge in [-0.3, -0.25) is 4.79 Å². The number of H-pyrrole nitrogens is 1. The Morgan fingerprint density at radius 1 is 1.03 bits per heavy atom. The summed E-state index contributed by atoms with van der Waals surface area (Å²) in [6.07, 6.45) is 0.907. The summed E-state index contributed by atoms with van der Waals surface area (Å²) < 4.78 is 0. The lowest BCUT2D eigenvalue weighted by Gasteiger charge is -2.21. The highest BCUT2D eigenvalue weighted by Crippen LogP contribution is 2.32. The number of carbonyl (C=O) groups is 1. The van der Waals surface area contributed by atoms with Crippen LogP contribution in [0.4, 0.5) is 5.95 Å². The molecule has 1 N–H and O–H groups in total. The number of rotatable bonds is 2. The molecule has 7 nitrogen and oxygen atoms in total. The summed E-state index contributed by atoms with van der Waals surface area (Å²) in [6, 6.07) is 8.06. The first-order valence-electron chi connectivity index (χ1n) is 10.2. The average molecular weight is 421 g/mol. The number of hydrogen-bond donors (Lipinski definition) is 1. The molecule has 4 heterocycles. The quantitative estimate of drug-likeness (QED) is 0.533. The van der Waals surface area contributed by atoms with E-state index in [4.69, 9.17) is 4.98 Å². The van der Waals surface area contributed by atoms with Gasteiger partial charge in [0, 0.05) is 37.3 Å². The highest BCUT2D eigenvalue weighted by atomic mass is 32.1. The van der Waals surface area contributed by atoms with E-state index in [0.29, 0.717) is 6.54 Å². The maximum Gasteiger partial charge on any atom is 0.264 e. The molecule has 154 valence electrons. The number of amides is 1. The van der Waals surface area contributed by atoms with Crippen LogP contribution in [0, 0.1) is 20.8 Å². The SMILES string of the molecule is Cc1nc(C)c2c(C)c(C(=O)N3CCCN(c4nc5ccccc5[nH]4)CC3)sc2n1. The summed E-state index contributed by atoms with van der Waals surface area (Å²) in [4.78, 5) is 36.4. The highest BCUT2D eigenvalue weighted by Gasteiger charge is 2.26. The lowest BCUT2D eigenvalue weighted by Crippen LogP contribution is -2.35. The van der Waals surface area contributed by atoms with Gasteiger partial charge in [-0.15, -0.1) is 11.3 Å². The minimum absolute atomic E-state index is 0.0963. The fourth-order valence-electron chi connectivity index (χ4n) is 4.24. The Kier molecular flexibility index (Phi) is 4.66. The van der Waals surface area contributed by atoms with Gasteiger partial charge in [0.2, 0.25) is 5.95 Å². The molecule has 3 aromatic heterocycles. The van der Waals surface area contributed by atoms with Crippen molar-refractivity contribution in [1.29, 1.82) is 0 Å². The Morgan fingerprint density at radius 2 is 1.87 bits per heavy atom. The van der Waals surface area contributed by atoms with Gasteiger partial charge in [0.05, 0.1) is 15.9 Å². The van der Waals surface area contributed by atoms with Gasteiger partial charge >= 0.3 is 0 Å². The Morgan fingerprint density at radius 3 is 2.70 bits per heavy atom. The van der Waals surface area contributed by atoms with E-state index in [0.717, 1.165) is 75.2 Å². The second kappa shape index (κ2) is 7.36. The third-order valence-electron chi connectivity index (χ3n) is 5.74. The predicted molar refractivity (Wildman–Crippen MR) is 120 cm³/mol. The minimum atomic E-state index is 0.0963. The van der Waals surface area contributed by atoms with Crippen molar-refractivity contribution >= 4 is 44.4 Å². The zero-order valence-electron chi connectivity index (χ0n) is 17.4. The van der Waals surface area contributed by atoms with Gasteiger partial charge < -0.3 is 14.8 Å². The van der Waals surface area contributed by atoms with Crippen molar-refractivity contribution in [2.24, 2.45) is 0 Å². The standard InChI is InChI=1S/C22H24N6OS/c1-13-18-14(2)23-15(3)24-20(18)30-19(13)21(29)27-9-6-10-28(12-11-27)22-25-16-7-4-5-8-17(16)26-22/h4-5,7-8H,6,9-12H2,1-3H3,(H,25,26). The Labute approximate surface area is 178 Å². The van der Waals surface area contributed by atoms with E-state index in [1.54, 1.807) is 0 Å². The third kappa shape index (κ3) is 3.21. The number of aryl methyl sites for hydroxylation is 3. The van der Waals surface area contributed by atoms with E-state index in [-0.39, 0.29) is 5.91 Å². The molecule has 5 rings (SSSR count). The maximum atomic E-state index is 13.4. The fourth-order valence-corrected chi connectivity index (χ4v) is 5.49. The molecule has 1 fully saturated rings. The Bertz CT molecular complexity index is 1230. The van der Waals surface area contributed by atoms with E-state index in [1.807, 2.05) is 49.9 Å². The van der Waals surface area contributed by atoms with Crippen LogP contribution in [0.1, 0.15) is 33.2 Å². The Balaban J connectivity index is 1.38. The summed E-state index contributed by atoms with van der Waals surface area (Å²) >= 11 is 1.49. The van der Waals surface area contributed by atoms with E-state index < -0.39 is 0 Å². The molecule has 30 heavy (non-hydrogen) atoms. The molecule has 8 heteroatoms. The predicted octanol–water partition coefficient (Wildman–Crippen LogP) is 3.85. The zero-order chi connectivity index (χ0) is 20.8. The molecule has 0 radical (unpaired) electrons. The van der Waals surface area contributed by atoms with Crippen molar-refractivity contribution in [2.75, 3.05) is 31.1 Å². The average Bonchev–Trinajstić information content (AvgIpc) is 3.19. The van der Waals surface area contributed by atoms with E-state index in [9.17, 15) is 4.79 Å². The van der Waals surface area contributed by atoms with Gasteiger partial charge in [0.25, 0.3) is 5.91 Å². The lowest BCUT2D eigenvalue weighted by atomic mass is 10.1. The van der Waals surface area contributed by atoms with E-state index in [2.05, 4.69) is 19.9 Å². The van der Waals surface area contributed by atoms with Crippen LogP contribution in [0.15, 0.2) is 24.3 Å². The molecule has 0 saturated carbocycles. The number of nitrogens with one attached hydrogen (secondary N) is 1. The number of aromatic nitrogens is 4. The van der Waals surface area contributed by atoms with Crippen molar-refractivity contribution in [3.05, 3.63) is 46.2 Å². The maximum absolute atomic E-state index is 13.4. The van der Waals surface area contributed by atoms with Gasteiger partial charge in [-0.2, -0.15) is 0 Å². The lowest BCUT2D eigenvalue weighted by molar-refractivity contribution is 0.0771. The van der Waals surface area contributed by atoms with Crippen LogP contribution in [-0.4, -0.2) is 56.9 Å². The fraction of sp³-hybridized carbons (Fsp3) is 0.364. The van der Waals surface area contributed by atoms with Gasteiger partial charge in [0.15, 0.2) is 0 Å². The van der Waals surface area contributed by atoms with Gasteiger partial charge in [-0.25, -0.2) is 15.0 Å². The third-order valence-corrected chi connectivity index (χ3v) is 6.91. The number of nitrogens with zero attached hydrogens (tertiary/aromatic N) is 5. The van der Waals surface area contributed by atoms with Crippen LogP contribution < -0.4 is 4.90 Å². The zero-order valence-corrected chi connectivity index (χ0v) is 18.2. The number of benzene rings is 1. The van der Waals surface area contributed by atoms with Gasteiger partial charge in [-0.1, -0.05) is 12.1 Å². The number of anilines is 1. The molecule has 0 spiro atoms. The van der Waals surface area contributed by atoms with Crippen LogP contribution in [0.3, 0.4) is 0 Å². The van der Waals surface area contributed by atoms with E-state index >= 15 is 0 Å². The molecule has 4 aromatic rings.